The second-order valence-corrected chi connectivity index (χ2v) is 6.65. The van der Waals surface area contributed by atoms with Crippen molar-refractivity contribution in [2.24, 2.45) is 0 Å². The number of imide groups is 1. The lowest BCUT2D eigenvalue weighted by Crippen LogP contribution is -2.47. The molecular weight excluding hydrogens is 324 g/mol. The Kier molecular flexibility index (Phi) is 6.39. The van der Waals surface area contributed by atoms with Crippen molar-refractivity contribution in [2.75, 3.05) is 26.2 Å². The van der Waals surface area contributed by atoms with Crippen molar-refractivity contribution in [1.29, 1.82) is 0 Å². The van der Waals surface area contributed by atoms with Crippen molar-refractivity contribution in [1.82, 2.24) is 20.4 Å². The third-order valence-electron chi connectivity index (χ3n) is 5.13. The van der Waals surface area contributed by atoms with Crippen molar-refractivity contribution in [3.05, 3.63) is 0 Å². The Morgan fingerprint density at radius 3 is 2.52 bits per heavy atom. The molecule has 8 nitrogen and oxygen atoms in total. The summed E-state index contributed by atoms with van der Waals surface area (Å²) in [6, 6.07) is -0.522. The second-order valence-electron chi connectivity index (χ2n) is 6.65. The molecule has 0 aromatic carbocycles. The van der Waals surface area contributed by atoms with E-state index >= 15 is 0 Å². The molecule has 0 aliphatic carbocycles. The van der Waals surface area contributed by atoms with E-state index in [4.69, 9.17) is 0 Å². The van der Waals surface area contributed by atoms with Gasteiger partial charge in [-0.25, -0.2) is 4.79 Å². The summed E-state index contributed by atoms with van der Waals surface area (Å²) < 4.78 is 0. The average molecular weight is 352 g/mol. The molecule has 2 aliphatic rings. The van der Waals surface area contributed by atoms with E-state index in [9.17, 15) is 19.2 Å². The highest BCUT2D eigenvalue weighted by molar-refractivity contribution is 6.08. The first-order valence-corrected chi connectivity index (χ1v) is 9.12. The van der Waals surface area contributed by atoms with Crippen LogP contribution < -0.4 is 10.6 Å². The SMILES string of the molecule is CCC1(CC)NC(=O)N(CC(=O)NCCN2CCCCCC2=O)C1=O. The maximum atomic E-state index is 12.4. The third kappa shape index (κ3) is 4.29. The molecule has 8 heteroatoms. The van der Waals surface area contributed by atoms with Gasteiger partial charge in [0, 0.05) is 26.1 Å². The standard InChI is InChI=1S/C17H28N4O4/c1-3-17(4-2)15(24)21(16(25)19-17)12-13(22)18-9-11-20-10-7-5-6-8-14(20)23/h3-12H2,1-2H3,(H,18,22)(H,19,25). The van der Waals surface area contributed by atoms with Gasteiger partial charge in [-0.05, 0) is 25.7 Å². The minimum atomic E-state index is -0.893. The number of hydrogen-bond donors (Lipinski definition) is 2. The van der Waals surface area contributed by atoms with Crippen molar-refractivity contribution in [3.8, 4) is 0 Å². The maximum Gasteiger partial charge on any atom is 0.325 e. The van der Waals surface area contributed by atoms with Crippen LogP contribution in [-0.4, -0.2) is 65.3 Å². The summed E-state index contributed by atoms with van der Waals surface area (Å²) in [4.78, 5) is 51.2. The van der Waals surface area contributed by atoms with E-state index in [1.807, 2.05) is 13.8 Å². The lowest BCUT2D eigenvalue weighted by atomic mass is 9.93. The smallest absolute Gasteiger partial charge is 0.325 e. The molecule has 2 N–H and O–H groups in total. The number of rotatable bonds is 7. The summed E-state index contributed by atoms with van der Waals surface area (Å²) >= 11 is 0. The van der Waals surface area contributed by atoms with Gasteiger partial charge in [-0.2, -0.15) is 0 Å². The van der Waals surface area contributed by atoms with E-state index in [0.29, 0.717) is 32.4 Å². The Morgan fingerprint density at radius 1 is 1.16 bits per heavy atom. The second kappa shape index (κ2) is 8.31. The van der Waals surface area contributed by atoms with Crippen LogP contribution in [0.15, 0.2) is 0 Å². The molecule has 0 unspecified atom stereocenters. The average Bonchev–Trinajstić information content (AvgIpc) is 2.73. The van der Waals surface area contributed by atoms with Crippen molar-refractivity contribution < 1.29 is 19.2 Å². The van der Waals surface area contributed by atoms with Crippen molar-refractivity contribution >= 4 is 23.8 Å². The van der Waals surface area contributed by atoms with E-state index in [-0.39, 0.29) is 18.4 Å². The Labute approximate surface area is 148 Å². The first-order valence-electron chi connectivity index (χ1n) is 9.12. The normalized spacial score (nSPS) is 20.5. The van der Waals surface area contributed by atoms with Crippen molar-refractivity contribution in [3.63, 3.8) is 0 Å². The number of nitrogens with zero attached hydrogens (tertiary/aromatic N) is 2. The zero-order chi connectivity index (χ0) is 18.4. The number of hydrogen-bond acceptors (Lipinski definition) is 4. The molecular formula is C17H28N4O4. The number of nitrogens with one attached hydrogen (secondary N) is 2. The summed E-state index contributed by atoms with van der Waals surface area (Å²) in [5, 5.41) is 5.39. The topological polar surface area (TPSA) is 98.8 Å². The molecule has 2 aliphatic heterocycles. The molecule has 25 heavy (non-hydrogen) atoms. The summed E-state index contributed by atoms with van der Waals surface area (Å²) in [6.45, 7) is 4.88. The Hall–Kier alpha value is -2.12. The first-order chi connectivity index (χ1) is 11.9. The van der Waals surface area contributed by atoms with Crippen molar-refractivity contribution in [2.45, 2.75) is 57.9 Å². The molecule has 0 atom stereocenters. The van der Waals surface area contributed by atoms with Crippen LogP contribution >= 0.6 is 0 Å². The lowest BCUT2D eigenvalue weighted by Gasteiger charge is -2.23. The summed E-state index contributed by atoms with van der Waals surface area (Å²) in [5.74, 6) is -0.620. The van der Waals surface area contributed by atoms with Gasteiger partial charge in [0.1, 0.15) is 12.1 Å². The van der Waals surface area contributed by atoms with Gasteiger partial charge in [0.15, 0.2) is 0 Å². The minimum Gasteiger partial charge on any atom is -0.353 e. The third-order valence-corrected chi connectivity index (χ3v) is 5.13. The van der Waals surface area contributed by atoms with Gasteiger partial charge in [-0.15, -0.1) is 0 Å². The largest absolute Gasteiger partial charge is 0.353 e. The zero-order valence-electron chi connectivity index (χ0n) is 15.1. The number of carbonyl (C=O) groups excluding carboxylic acids is 4. The van der Waals surface area contributed by atoms with E-state index in [1.54, 1.807) is 4.90 Å². The molecule has 5 amide bonds. The van der Waals surface area contributed by atoms with Crippen LogP contribution in [0.1, 0.15) is 52.4 Å². The van der Waals surface area contributed by atoms with Crippen LogP contribution in [0, 0.1) is 0 Å². The molecule has 0 radical (unpaired) electrons. The van der Waals surface area contributed by atoms with Gasteiger partial charge in [0.2, 0.25) is 11.8 Å². The molecule has 2 heterocycles. The van der Waals surface area contributed by atoms with Crippen LogP contribution in [0.5, 0.6) is 0 Å². The molecule has 2 fully saturated rings. The molecule has 0 bridgehead atoms. The molecule has 2 rings (SSSR count). The molecule has 140 valence electrons. The summed E-state index contributed by atoms with van der Waals surface area (Å²) in [7, 11) is 0. The predicted octanol–water partition coefficient (Wildman–Crippen LogP) is 0.616. The monoisotopic (exact) mass is 352 g/mol. The fourth-order valence-corrected chi connectivity index (χ4v) is 3.35. The molecule has 2 saturated heterocycles. The molecule has 0 aromatic rings. The van der Waals surface area contributed by atoms with E-state index < -0.39 is 17.5 Å². The highest BCUT2D eigenvalue weighted by Gasteiger charge is 2.49. The summed E-state index contributed by atoms with van der Waals surface area (Å²) in [6.07, 6.45) is 4.50. The quantitative estimate of drug-likeness (QED) is 0.656. The first kappa shape index (κ1) is 19.2. The number of amides is 5. The minimum absolute atomic E-state index is 0.122. The highest BCUT2D eigenvalue weighted by Crippen LogP contribution is 2.24. The number of likely N-dealkylation sites (tertiary alicyclic amines) is 1. The highest BCUT2D eigenvalue weighted by atomic mass is 16.2. The Balaban J connectivity index is 1.81. The maximum absolute atomic E-state index is 12.4. The van der Waals surface area contributed by atoms with Gasteiger partial charge in [0.25, 0.3) is 5.91 Å². The number of urea groups is 1. The fourth-order valence-electron chi connectivity index (χ4n) is 3.35. The zero-order valence-corrected chi connectivity index (χ0v) is 15.1. The fraction of sp³-hybridized carbons (Fsp3) is 0.765. The van der Waals surface area contributed by atoms with Gasteiger partial charge >= 0.3 is 6.03 Å². The Bertz CT molecular complexity index is 545. The van der Waals surface area contributed by atoms with Gasteiger partial charge in [-0.1, -0.05) is 20.3 Å². The molecule has 0 saturated carbocycles. The van der Waals surface area contributed by atoms with E-state index in [1.165, 1.54) is 0 Å². The molecule has 0 spiro atoms. The van der Waals surface area contributed by atoms with Crippen LogP contribution in [-0.2, 0) is 14.4 Å². The van der Waals surface area contributed by atoms with Crippen LogP contribution in [0.2, 0.25) is 0 Å². The Morgan fingerprint density at radius 2 is 1.88 bits per heavy atom. The van der Waals surface area contributed by atoms with E-state index in [0.717, 1.165) is 30.7 Å². The van der Waals surface area contributed by atoms with E-state index in [2.05, 4.69) is 10.6 Å². The van der Waals surface area contributed by atoms with Crippen LogP contribution in [0.4, 0.5) is 4.79 Å². The van der Waals surface area contributed by atoms with Gasteiger partial charge in [0.05, 0.1) is 0 Å². The van der Waals surface area contributed by atoms with Crippen LogP contribution in [0.25, 0.3) is 0 Å². The molecule has 0 aromatic heterocycles. The van der Waals surface area contributed by atoms with Crippen LogP contribution in [0.3, 0.4) is 0 Å². The van der Waals surface area contributed by atoms with Gasteiger partial charge < -0.3 is 15.5 Å². The summed E-state index contributed by atoms with van der Waals surface area (Å²) in [5.41, 5.74) is -0.893. The predicted molar refractivity (Wildman–Crippen MR) is 91.6 cm³/mol. The van der Waals surface area contributed by atoms with Gasteiger partial charge in [-0.3, -0.25) is 19.3 Å². The number of carbonyl (C=O) groups is 4. The lowest BCUT2D eigenvalue weighted by molar-refractivity contribution is -0.135.